The molecule has 0 amide bonds. The van der Waals surface area contributed by atoms with Crippen LogP contribution in [0, 0.1) is 6.10 Å². The predicted molar refractivity (Wildman–Crippen MR) is 22.6 cm³/mol. The van der Waals surface area contributed by atoms with E-state index in [0.717, 1.165) is 0 Å². The maximum absolute atomic E-state index is 8.33. The summed E-state index contributed by atoms with van der Waals surface area (Å²) >= 11 is 0. The molecule has 0 saturated carbocycles. The van der Waals surface area contributed by atoms with E-state index in [-0.39, 0.29) is 12.7 Å². The Balaban J connectivity index is 2.75. The third-order valence-electron chi connectivity index (χ3n) is 0.591. The van der Waals surface area contributed by atoms with E-state index in [0.29, 0.717) is 6.42 Å². The minimum atomic E-state index is -0.198. The van der Waals surface area contributed by atoms with E-state index in [9.17, 15) is 0 Å². The van der Waals surface area contributed by atoms with Gasteiger partial charge in [-0.1, -0.05) is 6.92 Å². The van der Waals surface area contributed by atoms with Crippen LogP contribution in [0.4, 0.5) is 0 Å². The predicted octanol–water partition coefficient (Wildman–Crippen LogP) is 0.293. The molecule has 0 aromatic rings. The lowest BCUT2D eigenvalue weighted by Gasteiger charge is -1.95. The molecule has 0 aliphatic carbocycles. The summed E-state index contributed by atoms with van der Waals surface area (Å²) in [6.07, 6.45) is 0.700. The van der Waals surface area contributed by atoms with Crippen molar-refractivity contribution in [1.29, 1.82) is 0 Å². The Morgan fingerprint density at radius 1 is 1.67 bits per heavy atom. The summed E-state index contributed by atoms with van der Waals surface area (Å²) in [5.41, 5.74) is 0. The van der Waals surface area contributed by atoms with Gasteiger partial charge in [0, 0.05) is 0 Å². The van der Waals surface area contributed by atoms with Gasteiger partial charge in [0.2, 0.25) is 0 Å². The highest BCUT2D eigenvalue weighted by atomic mass is 16.3. The Hall–Kier alpha value is -0.0800. The van der Waals surface area contributed by atoms with Gasteiger partial charge in [0.05, 0.1) is 6.61 Å². The van der Waals surface area contributed by atoms with Gasteiger partial charge in [0.15, 0.2) is 0 Å². The molecule has 0 spiro atoms. The highest BCUT2D eigenvalue weighted by molar-refractivity contribution is 4.68. The van der Waals surface area contributed by atoms with Crippen LogP contribution in [-0.4, -0.2) is 16.8 Å². The summed E-state index contributed by atoms with van der Waals surface area (Å²) in [5, 5.41) is 16.4. The lowest BCUT2D eigenvalue weighted by atomic mass is 10.3. The molecule has 0 saturated heterocycles. The zero-order valence-corrected chi connectivity index (χ0v) is 3.81. The summed E-state index contributed by atoms with van der Waals surface area (Å²) in [6.45, 7) is 1.59. The van der Waals surface area contributed by atoms with Crippen LogP contribution in [0.1, 0.15) is 13.3 Å². The number of aliphatic hydroxyl groups excluding tert-OH is 2. The summed E-state index contributed by atoms with van der Waals surface area (Å²) in [4.78, 5) is 0. The molecule has 0 rings (SSSR count). The molecular weight excluding hydrogens is 80.0 g/mol. The average molecular weight is 89.1 g/mol. The van der Waals surface area contributed by atoms with E-state index in [1.54, 1.807) is 6.92 Å². The SMILES string of the molecule is CC[C](O)CO. The zero-order valence-electron chi connectivity index (χ0n) is 3.81. The highest BCUT2D eigenvalue weighted by Crippen LogP contribution is 1.94. The quantitative estimate of drug-likeness (QED) is 0.510. The molecule has 2 heteroatoms. The number of hydrogen-bond acceptors (Lipinski definition) is 2. The first-order valence-electron chi connectivity index (χ1n) is 1.95. The van der Waals surface area contributed by atoms with Crippen molar-refractivity contribution < 1.29 is 10.2 Å². The number of hydrogen-bond donors (Lipinski definition) is 2. The first kappa shape index (κ1) is 5.92. The molecular formula is C4H9O2. The number of rotatable bonds is 2. The summed E-state index contributed by atoms with van der Waals surface area (Å²) in [6, 6.07) is 0. The fourth-order valence-electron chi connectivity index (χ4n) is 0.112. The minimum Gasteiger partial charge on any atom is -0.393 e. The van der Waals surface area contributed by atoms with Crippen molar-refractivity contribution in [3.63, 3.8) is 0 Å². The van der Waals surface area contributed by atoms with Gasteiger partial charge in [-0.2, -0.15) is 0 Å². The van der Waals surface area contributed by atoms with Gasteiger partial charge in [-0.3, -0.25) is 0 Å². The molecule has 0 fully saturated rings. The summed E-state index contributed by atoms with van der Waals surface area (Å²) in [7, 11) is 0. The van der Waals surface area contributed by atoms with Crippen molar-refractivity contribution in [3.05, 3.63) is 6.10 Å². The molecule has 0 atom stereocenters. The van der Waals surface area contributed by atoms with Gasteiger partial charge in [-0.05, 0) is 6.42 Å². The molecule has 0 aliphatic heterocycles. The van der Waals surface area contributed by atoms with E-state index in [4.69, 9.17) is 10.2 Å². The maximum Gasteiger partial charge on any atom is 0.118 e. The largest absolute Gasteiger partial charge is 0.393 e. The van der Waals surface area contributed by atoms with Crippen LogP contribution in [0.2, 0.25) is 0 Å². The van der Waals surface area contributed by atoms with E-state index in [1.807, 2.05) is 0 Å². The zero-order chi connectivity index (χ0) is 4.99. The normalized spacial score (nSPS) is 10.0. The fourth-order valence-corrected chi connectivity index (χ4v) is 0.112. The smallest absolute Gasteiger partial charge is 0.118 e. The molecule has 0 aromatic carbocycles. The average Bonchev–Trinajstić information content (AvgIpc) is 1.65. The van der Waals surface area contributed by atoms with Crippen LogP contribution in [-0.2, 0) is 0 Å². The minimum absolute atomic E-state index is 0.148. The second kappa shape index (κ2) is 3.12. The first-order valence-corrected chi connectivity index (χ1v) is 1.95. The van der Waals surface area contributed by atoms with Gasteiger partial charge in [-0.15, -0.1) is 0 Å². The van der Waals surface area contributed by atoms with Crippen molar-refractivity contribution in [1.82, 2.24) is 0 Å². The van der Waals surface area contributed by atoms with E-state index < -0.39 is 0 Å². The lowest BCUT2D eigenvalue weighted by molar-refractivity contribution is 0.180. The topological polar surface area (TPSA) is 40.5 Å². The van der Waals surface area contributed by atoms with Gasteiger partial charge < -0.3 is 10.2 Å². The van der Waals surface area contributed by atoms with Crippen molar-refractivity contribution in [3.8, 4) is 0 Å². The molecule has 37 valence electrons. The van der Waals surface area contributed by atoms with Crippen molar-refractivity contribution in [2.75, 3.05) is 6.61 Å². The molecule has 0 unspecified atom stereocenters. The summed E-state index contributed by atoms with van der Waals surface area (Å²) < 4.78 is 0. The molecule has 0 bridgehead atoms. The number of aliphatic hydroxyl groups is 2. The van der Waals surface area contributed by atoms with Crippen LogP contribution in [0.5, 0.6) is 0 Å². The first-order chi connectivity index (χ1) is 2.81. The van der Waals surface area contributed by atoms with E-state index in [2.05, 4.69) is 0 Å². The molecule has 2 nitrogen and oxygen atoms in total. The van der Waals surface area contributed by atoms with E-state index >= 15 is 0 Å². The fraction of sp³-hybridized carbons (Fsp3) is 0.750. The Kier molecular flexibility index (Phi) is 3.08. The molecule has 0 aliphatic rings. The molecule has 2 N–H and O–H groups in total. The van der Waals surface area contributed by atoms with Gasteiger partial charge in [-0.25, -0.2) is 0 Å². The van der Waals surface area contributed by atoms with Crippen LogP contribution in [0.3, 0.4) is 0 Å². The van der Waals surface area contributed by atoms with Crippen LogP contribution in [0.15, 0.2) is 0 Å². The monoisotopic (exact) mass is 89.1 g/mol. The second-order valence-electron chi connectivity index (χ2n) is 1.08. The molecule has 1 radical (unpaired) electrons. The van der Waals surface area contributed by atoms with Crippen molar-refractivity contribution in [2.45, 2.75) is 13.3 Å². The second-order valence-corrected chi connectivity index (χ2v) is 1.08. The molecule has 0 heterocycles. The Bertz CT molecular complexity index is 24.7. The lowest BCUT2D eigenvalue weighted by Crippen LogP contribution is -1.97. The van der Waals surface area contributed by atoms with Gasteiger partial charge in [0.1, 0.15) is 6.10 Å². The van der Waals surface area contributed by atoms with Gasteiger partial charge >= 0.3 is 0 Å². The molecule has 6 heavy (non-hydrogen) atoms. The van der Waals surface area contributed by atoms with Crippen LogP contribution < -0.4 is 0 Å². The summed E-state index contributed by atoms with van der Waals surface area (Å²) in [5.74, 6) is 0. The van der Waals surface area contributed by atoms with E-state index in [1.165, 1.54) is 0 Å². The highest BCUT2D eigenvalue weighted by Gasteiger charge is 1.94. The maximum atomic E-state index is 8.33. The van der Waals surface area contributed by atoms with Crippen molar-refractivity contribution in [2.24, 2.45) is 0 Å². The van der Waals surface area contributed by atoms with Crippen LogP contribution in [0.25, 0.3) is 0 Å². The Morgan fingerprint density at radius 3 is 2.17 bits per heavy atom. The van der Waals surface area contributed by atoms with Crippen LogP contribution >= 0.6 is 0 Å². The van der Waals surface area contributed by atoms with Crippen molar-refractivity contribution >= 4 is 0 Å². The Labute approximate surface area is 37.4 Å². The third kappa shape index (κ3) is 2.18. The Morgan fingerprint density at radius 2 is 2.17 bits per heavy atom. The third-order valence-corrected chi connectivity index (χ3v) is 0.591. The standard InChI is InChI=1S/C4H9O2/c1-2-4(6)3-5/h5-6H,2-3H2,1H3. The van der Waals surface area contributed by atoms with Gasteiger partial charge in [0.25, 0.3) is 0 Å². The molecule has 0 aromatic heterocycles.